The summed E-state index contributed by atoms with van der Waals surface area (Å²) < 4.78 is 38.7. The van der Waals surface area contributed by atoms with E-state index in [2.05, 4.69) is 10.2 Å². The van der Waals surface area contributed by atoms with Crippen molar-refractivity contribution in [3.63, 3.8) is 0 Å². The molecule has 0 spiro atoms. The van der Waals surface area contributed by atoms with E-state index in [-0.39, 0.29) is 30.4 Å². The number of esters is 1. The number of carbonyl (C=O) groups is 1. The van der Waals surface area contributed by atoms with Gasteiger partial charge < -0.3 is 29.2 Å². The highest BCUT2D eigenvalue weighted by Gasteiger charge is 2.38. The minimum absolute atomic E-state index is 0.0731. The van der Waals surface area contributed by atoms with Gasteiger partial charge in [-0.3, -0.25) is 4.79 Å². The molecule has 1 saturated heterocycles. The van der Waals surface area contributed by atoms with Gasteiger partial charge in [-0.15, -0.1) is 11.3 Å². The van der Waals surface area contributed by atoms with E-state index >= 15 is 4.39 Å². The molecule has 0 unspecified atom stereocenters. The van der Waals surface area contributed by atoms with Crippen LogP contribution >= 0.6 is 11.3 Å². The molecule has 3 heterocycles. The number of methoxy groups -OCH3 is 2. The van der Waals surface area contributed by atoms with E-state index in [1.165, 1.54) is 0 Å². The first-order chi connectivity index (χ1) is 20.1. The zero-order chi connectivity index (χ0) is 30.0. The number of rotatable bonds is 8. The topological polar surface area (TPSA) is 82.2 Å². The van der Waals surface area contributed by atoms with Crippen molar-refractivity contribution in [1.82, 2.24) is 10.3 Å². The number of fused-ring (bicyclic) bond motifs is 1. The average Bonchev–Trinajstić information content (AvgIpc) is 3.46. The maximum absolute atomic E-state index is 15.5. The molecule has 1 N–H and O–H groups in total. The molecule has 226 valence electrons. The minimum atomic E-state index is -0.542. The Morgan fingerprint density at radius 3 is 2.74 bits per heavy atom. The fraction of sp³-hybridized carbons (Fsp3) is 0.500. The molecule has 42 heavy (non-hydrogen) atoms. The SMILES string of the molecule is COc1cc(COc2ccc(C)cc2-c2csc(N3CC[C@@H](C(=O)OC(C)(C)C)[C@@H](OC)C3)n2)c(F)c2c1CNCC2. The van der Waals surface area contributed by atoms with Crippen molar-refractivity contribution >= 4 is 22.4 Å². The van der Waals surface area contributed by atoms with Crippen molar-refractivity contribution in [1.29, 1.82) is 0 Å². The van der Waals surface area contributed by atoms with E-state index in [1.807, 2.05) is 51.3 Å². The van der Waals surface area contributed by atoms with Crippen LogP contribution in [-0.4, -0.2) is 56.5 Å². The van der Waals surface area contributed by atoms with Crippen LogP contribution in [0, 0.1) is 18.7 Å². The Morgan fingerprint density at radius 1 is 1.19 bits per heavy atom. The van der Waals surface area contributed by atoms with Gasteiger partial charge in [-0.1, -0.05) is 11.6 Å². The molecule has 0 aliphatic carbocycles. The lowest BCUT2D eigenvalue weighted by Gasteiger charge is -2.37. The van der Waals surface area contributed by atoms with Gasteiger partial charge in [0.15, 0.2) is 5.13 Å². The van der Waals surface area contributed by atoms with Crippen molar-refractivity contribution in [2.24, 2.45) is 5.92 Å². The fourth-order valence-corrected chi connectivity index (χ4v) is 6.45. The third-order valence-corrected chi connectivity index (χ3v) is 8.62. The first kappa shape index (κ1) is 30.3. The van der Waals surface area contributed by atoms with Gasteiger partial charge >= 0.3 is 5.97 Å². The molecular formula is C32H40FN3O5S. The number of ether oxygens (including phenoxy) is 4. The summed E-state index contributed by atoms with van der Waals surface area (Å²) in [6.07, 6.45) is 0.937. The van der Waals surface area contributed by atoms with Crippen LogP contribution in [0.2, 0.25) is 0 Å². The second kappa shape index (κ2) is 12.6. The average molecular weight is 598 g/mol. The van der Waals surface area contributed by atoms with Gasteiger partial charge in [0.2, 0.25) is 0 Å². The van der Waals surface area contributed by atoms with Gasteiger partial charge in [-0.2, -0.15) is 0 Å². The quantitative estimate of drug-likeness (QED) is 0.333. The van der Waals surface area contributed by atoms with Crippen LogP contribution in [0.1, 0.15) is 49.4 Å². The highest BCUT2D eigenvalue weighted by molar-refractivity contribution is 7.14. The maximum Gasteiger partial charge on any atom is 0.312 e. The summed E-state index contributed by atoms with van der Waals surface area (Å²) in [6.45, 7) is 10.3. The molecule has 0 bridgehead atoms. The smallest absolute Gasteiger partial charge is 0.312 e. The van der Waals surface area contributed by atoms with Crippen LogP contribution in [0.5, 0.6) is 11.5 Å². The molecule has 2 aromatic carbocycles. The molecule has 8 nitrogen and oxygen atoms in total. The van der Waals surface area contributed by atoms with E-state index < -0.39 is 5.60 Å². The Morgan fingerprint density at radius 2 is 2.00 bits per heavy atom. The summed E-state index contributed by atoms with van der Waals surface area (Å²) in [5.74, 6) is 0.545. The van der Waals surface area contributed by atoms with E-state index in [0.29, 0.717) is 55.1 Å². The number of nitrogens with zero attached hydrogens (tertiary/aromatic N) is 2. The highest BCUT2D eigenvalue weighted by atomic mass is 32.1. The third-order valence-electron chi connectivity index (χ3n) is 7.72. The molecule has 0 radical (unpaired) electrons. The van der Waals surface area contributed by atoms with Gasteiger partial charge in [-0.25, -0.2) is 9.37 Å². The molecule has 2 aliphatic heterocycles. The predicted molar refractivity (Wildman–Crippen MR) is 162 cm³/mol. The normalized spacial score (nSPS) is 18.9. The standard InChI is InChI=1S/C32H40FN3O5S/c1-19-7-8-26(40-17-20-14-27(38-5)24-15-34-11-9-21(24)29(20)33)23(13-19)25-18-42-31(35-25)36-12-10-22(28(16-36)39-6)30(37)41-32(2,3)4/h7-8,13-14,18,22,28,34H,9-12,15-17H2,1-6H3/t22-,28+/m1/s1. The Labute approximate surface area is 251 Å². The molecule has 0 saturated carbocycles. The van der Waals surface area contributed by atoms with Crippen LogP contribution in [0.25, 0.3) is 11.3 Å². The lowest BCUT2D eigenvalue weighted by molar-refractivity contribution is -0.165. The van der Waals surface area contributed by atoms with Crippen molar-refractivity contribution in [3.05, 3.63) is 57.7 Å². The number of anilines is 1. The summed E-state index contributed by atoms with van der Waals surface area (Å²) in [5, 5.41) is 6.14. The Kier molecular flexibility index (Phi) is 9.05. The molecule has 1 aromatic heterocycles. The van der Waals surface area contributed by atoms with E-state index in [0.717, 1.165) is 34.1 Å². The molecule has 0 amide bonds. The van der Waals surface area contributed by atoms with Crippen molar-refractivity contribution in [3.8, 4) is 22.8 Å². The minimum Gasteiger partial charge on any atom is -0.496 e. The van der Waals surface area contributed by atoms with Gasteiger partial charge in [0, 0.05) is 48.8 Å². The molecule has 10 heteroatoms. The summed E-state index contributed by atoms with van der Waals surface area (Å²) in [5.41, 5.74) is 4.20. The van der Waals surface area contributed by atoms with E-state index in [9.17, 15) is 4.79 Å². The Bertz CT molecular complexity index is 1440. The van der Waals surface area contributed by atoms with Gasteiger partial charge in [0.1, 0.15) is 29.5 Å². The molecular weight excluding hydrogens is 557 g/mol. The molecule has 5 rings (SSSR count). The first-order valence-electron chi connectivity index (χ1n) is 14.4. The second-order valence-corrected chi connectivity index (χ2v) is 12.7. The largest absolute Gasteiger partial charge is 0.496 e. The highest BCUT2D eigenvalue weighted by Crippen LogP contribution is 2.37. The van der Waals surface area contributed by atoms with Crippen molar-refractivity contribution < 1.29 is 28.1 Å². The molecule has 1 fully saturated rings. The van der Waals surface area contributed by atoms with Crippen molar-refractivity contribution in [2.45, 2.75) is 65.4 Å². The number of halogens is 1. The van der Waals surface area contributed by atoms with E-state index in [4.69, 9.17) is 23.9 Å². The number of benzene rings is 2. The number of hydrogen-bond donors (Lipinski definition) is 1. The van der Waals surface area contributed by atoms with Crippen LogP contribution in [0.15, 0.2) is 29.6 Å². The zero-order valence-corrected chi connectivity index (χ0v) is 26.0. The lowest BCUT2D eigenvalue weighted by atomic mass is 9.93. The van der Waals surface area contributed by atoms with E-state index in [1.54, 1.807) is 31.6 Å². The summed E-state index contributed by atoms with van der Waals surface area (Å²) in [4.78, 5) is 19.9. The van der Waals surface area contributed by atoms with Gasteiger partial charge in [-0.05, 0) is 70.8 Å². The number of nitrogens with one attached hydrogen (secondary N) is 1. The number of carbonyl (C=O) groups excluding carboxylic acids is 1. The monoisotopic (exact) mass is 597 g/mol. The number of thiazole rings is 1. The van der Waals surface area contributed by atoms with Gasteiger partial charge in [0.05, 0.1) is 24.8 Å². The molecule has 2 aliphatic rings. The second-order valence-electron chi connectivity index (χ2n) is 11.9. The summed E-state index contributed by atoms with van der Waals surface area (Å²) >= 11 is 1.54. The van der Waals surface area contributed by atoms with Crippen LogP contribution in [0.3, 0.4) is 0 Å². The molecule has 2 atom stereocenters. The summed E-state index contributed by atoms with van der Waals surface area (Å²) in [7, 11) is 3.24. The Hall–Kier alpha value is -3.21. The lowest BCUT2D eigenvalue weighted by Crippen LogP contribution is -2.49. The number of hydrogen-bond acceptors (Lipinski definition) is 9. The predicted octanol–water partition coefficient (Wildman–Crippen LogP) is 5.67. The Balaban J connectivity index is 1.33. The number of piperidine rings is 1. The summed E-state index contributed by atoms with van der Waals surface area (Å²) in [6, 6.07) is 7.67. The maximum atomic E-state index is 15.5. The van der Waals surface area contributed by atoms with Crippen LogP contribution in [-0.2, 0) is 33.8 Å². The zero-order valence-electron chi connectivity index (χ0n) is 25.2. The van der Waals surface area contributed by atoms with Crippen LogP contribution < -0.4 is 19.7 Å². The van der Waals surface area contributed by atoms with Crippen LogP contribution in [0.4, 0.5) is 9.52 Å². The first-order valence-corrected chi connectivity index (χ1v) is 15.2. The number of aryl methyl sites for hydroxylation is 1. The third kappa shape index (κ3) is 6.55. The molecule has 3 aromatic rings. The fourth-order valence-electron chi connectivity index (χ4n) is 5.59. The van der Waals surface area contributed by atoms with Crippen molar-refractivity contribution in [2.75, 3.05) is 38.8 Å². The number of aromatic nitrogens is 1. The van der Waals surface area contributed by atoms with Gasteiger partial charge in [0.25, 0.3) is 0 Å².